The van der Waals surface area contributed by atoms with Gasteiger partial charge in [0.25, 0.3) is 5.91 Å². The van der Waals surface area contributed by atoms with Crippen LogP contribution in [0.1, 0.15) is 23.1 Å². The number of carbonyl (C=O) groups excluding carboxylic acids is 1. The van der Waals surface area contributed by atoms with E-state index in [1.807, 2.05) is 11.5 Å². The second-order valence-corrected chi connectivity index (χ2v) is 5.86. The molecular weight excluding hydrogens is 354 g/mol. The van der Waals surface area contributed by atoms with E-state index in [-0.39, 0.29) is 5.91 Å². The first-order valence-electron chi connectivity index (χ1n) is 8.49. The molecule has 1 amide bonds. The molecule has 1 aromatic carbocycles. The molecule has 0 aliphatic rings. The summed E-state index contributed by atoms with van der Waals surface area (Å²) >= 11 is 6.01. The molecule has 0 aliphatic carbocycles. The van der Waals surface area contributed by atoms with Crippen LogP contribution in [0.5, 0.6) is 0 Å². The number of hydrogen-bond donors (Lipinski definition) is 3. The highest BCUT2D eigenvalue weighted by molar-refractivity contribution is 6.33. The molecule has 0 saturated carbocycles. The lowest BCUT2D eigenvalue weighted by atomic mass is 10.2. The highest BCUT2D eigenvalue weighted by Gasteiger charge is 2.08. The number of hydrogen-bond acceptors (Lipinski definition) is 4. The zero-order valence-electron chi connectivity index (χ0n) is 15.0. The van der Waals surface area contributed by atoms with Gasteiger partial charge in [-0.1, -0.05) is 30.7 Å². The van der Waals surface area contributed by atoms with Crippen LogP contribution >= 0.6 is 11.6 Å². The third-order valence-electron chi connectivity index (χ3n) is 3.70. The van der Waals surface area contributed by atoms with Crippen molar-refractivity contribution >= 4 is 23.5 Å². The molecule has 3 N–H and O–H groups in total. The lowest BCUT2D eigenvalue weighted by molar-refractivity contribution is 0.0954. The number of halogens is 1. The van der Waals surface area contributed by atoms with E-state index < -0.39 is 0 Å². The lowest BCUT2D eigenvalue weighted by Crippen LogP contribution is -2.42. The van der Waals surface area contributed by atoms with Gasteiger partial charge in [0.1, 0.15) is 12.2 Å². The van der Waals surface area contributed by atoms with Crippen LogP contribution in [-0.4, -0.2) is 53.3 Å². The van der Waals surface area contributed by atoms with Gasteiger partial charge in [0, 0.05) is 39.6 Å². The van der Waals surface area contributed by atoms with Gasteiger partial charge in [0.15, 0.2) is 5.96 Å². The predicted molar refractivity (Wildman–Crippen MR) is 103 cm³/mol. The van der Waals surface area contributed by atoms with E-state index in [0.29, 0.717) is 36.2 Å². The van der Waals surface area contributed by atoms with Crippen LogP contribution in [0.2, 0.25) is 5.02 Å². The van der Waals surface area contributed by atoms with Crippen LogP contribution in [0.25, 0.3) is 0 Å². The molecule has 140 valence electrons. The number of nitrogens with zero attached hydrogens (tertiary/aromatic N) is 4. The largest absolute Gasteiger partial charge is 0.355 e. The molecule has 8 nitrogen and oxygen atoms in total. The van der Waals surface area contributed by atoms with Gasteiger partial charge in [-0.15, -0.1) is 10.2 Å². The Morgan fingerprint density at radius 2 is 1.92 bits per heavy atom. The molecule has 0 saturated heterocycles. The average molecular weight is 378 g/mol. The molecule has 0 atom stereocenters. The van der Waals surface area contributed by atoms with Gasteiger partial charge >= 0.3 is 0 Å². The maximum atomic E-state index is 12.1. The van der Waals surface area contributed by atoms with Crippen molar-refractivity contribution in [3.8, 4) is 0 Å². The minimum absolute atomic E-state index is 0.194. The van der Waals surface area contributed by atoms with Crippen molar-refractivity contribution in [1.82, 2.24) is 30.7 Å². The number of aliphatic imine (C=N–C) groups is 1. The number of aromatic nitrogens is 3. The molecule has 1 aromatic heterocycles. The van der Waals surface area contributed by atoms with Crippen molar-refractivity contribution in [2.24, 2.45) is 4.99 Å². The molecule has 26 heavy (non-hydrogen) atoms. The fourth-order valence-corrected chi connectivity index (χ4v) is 2.57. The van der Waals surface area contributed by atoms with E-state index in [1.54, 1.807) is 37.6 Å². The molecule has 9 heteroatoms. The maximum absolute atomic E-state index is 12.1. The summed E-state index contributed by atoms with van der Waals surface area (Å²) in [5, 5.41) is 17.6. The molecule has 0 bridgehead atoms. The Kier molecular flexibility index (Phi) is 7.88. The smallest absolute Gasteiger partial charge is 0.252 e. The van der Waals surface area contributed by atoms with Crippen LogP contribution in [0.4, 0.5) is 0 Å². The van der Waals surface area contributed by atoms with E-state index >= 15 is 0 Å². The Morgan fingerprint density at radius 1 is 1.19 bits per heavy atom. The molecule has 1 heterocycles. The van der Waals surface area contributed by atoms with Crippen LogP contribution in [0.3, 0.4) is 0 Å². The Balaban J connectivity index is 1.67. The van der Waals surface area contributed by atoms with Gasteiger partial charge in [0.05, 0.1) is 10.6 Å². The summed E-state index contributed by atoms with van der Waals surface area (Å²) < 4.78 is 2.00. The normalized spacial score (nSPS) is 11.3. The van der Waals surface area contributed by atoms with E-state index in [2.05, 4.69) is 31.1 Å². The molecule has 0 radical (unpaired) electrons. The lowest BCUT2D eigenvalue weighted by Gasteiger charge is -2.13. The quantitative estimate of drug-likeness (QED) is 0.363. The van der Waals surface area contributed by atoms with Crippen molar-refractivity contribution in [3.05, 3.63) is 47.0 Å². The topological polar surface area (TPSA) is 96.2 Å². The highest BCUT2D eigenvalue weighted by Crippen LogP contribution is 2.14. The average Bonchev–Trinajstić information content (AvgIpc) is 3.11. The number of aryl methyl sites for hydroxylation is 1. The third kappa shape index (κ3) is 5.73. The van der Waals surface area contributed by atoms with Crippen LogP contribution in [0.15, 0.2) is 35.6 Å². The fourth-order valence-electron chi connectivity index (χ4n) is 2.35. The monoisotopic (exact) mass is 377 g/mol. The number of carbonyl (C=O) groups is 1. The number of amides is 1. The number of nitrogens with one attached hydrogen (secondary N) is 3. The molecule has 0 spiro atoms. The molecule has 0 aliphatic heterocycles. The summed E-state index contributed by atoms with van der Waals surface area (Å²) in [6.45, 7) is 4.49. The van der Waals surface area contributed by atoms with Gasteiger partial charge in [-0.25, -0.2) is 0 Å². The minimum atomic E-state index is -0.194. The van der Waals surface area contributed by atoms with Crippen LogP contribution in [-0.2, 0) is 13.0 Å². The van der Waals surface area contributed by atoms with Gasteiger partial charge in [-0.2, -0.15) is 0 Å². The van der Waals surface area contributed by atoms with Gasteiger partial charge in [0.2, 0.25) is 0 Å². The third-order valence-corrected chi connectivity index (χ3v) is 4.03. The second kappa shape index (κ2) is 10.4. The van der Waals surface area contributed by atoms with E-state index in [9.17, 15) is 4.79 Å². The molecule has 0 fully saturated rings. The SMILES string of the molecule is CCc1nncn1CCNC(=NC)NCCNC(=O)c1ccccc1Cl. The van der Waals surface area contributed by atoms with Crippen molar-refractivity contribution in [2.75, 3.05) is 26.7 Å². The molecule has 0 unspecified atom stereocenters. The standard InChI is InChI=1S/C17H24ClN7O/c1-3-15-24-23-12-25(15)11-10-22-17(19-2)21-9-8-20-16(26)13-6-4-5-7-14(13)18/h4-7,12H,3,8-11H2,1-2H3,(H,20,26)(H2,19,21,22). The Morgan fingerprint density at radius 3 is 2.65 bits per heavy atom. The molecule has 2 aromatic rings. The summed E-state index contributed by atoms with van der Waals surface area (Å²) in [5.74, 6) is 1.43. The second-order valence-electron chi connectivity index (χ2n) is 5.46. The Labute approximate surface area is 158 Å². The number of guanidine groups is 1. The van der Waals surface area contributed by atoms with E-state index in [0.717, 1.165) is 18.8 Å². The van der Waals surface area contributed by atoms with Gasteiger partial charge in [-0.3, -0.25) is 9.79 Å². The summed E-state index contributed by atoms with van der Waals surface area (Å²) in [6, 6.07) is 6.96. The summed E-state index contributed by atoms with van der Waals surface area (Å²) in [7, 11) is 1.70. The molecule has 2 rings (SSSR count). The minimum Gasteiger partial charge on any atom is -0.355 e. The first kappa shape index (κ1) is 19.7. The van der Waals surface area contributed by atoms with Crippen LogP contribution < -0.4 is 16.0 Å². The number of benzene rings is 1. The summed E-state index contributed by atoms with van der Waals surface area (Å²) in [4.78, 5) is 16.2. The van der Waals surface area contributed by atoms with Crippen molar-refractivity contribution in [2.45, 2.75) is 19.9 Å². The fraction of sp³-hybridized carbons (Fsp3) is 0.412. The van der Waals surface area contributed by atoms with Crippen molar-refractivity contribution in [1.29, 1.82) is 0 Å². The van der Waals surface area contributed by atoms with Crippen molar-refractivity contribution < 1.29 is 4.79 Å². The Hall–Kier alpha value is -2.61. The van der Waals surface area contributed by atoms with Gasteiger partial charge in [-0.05, 0) is 12.1 Å². The zero-order valence-corrected chi connectivity index (χ0v) is 15.8. The predicted octanol–water partition coefficient (Wildman–Crippen LogP) is 1.09. The Bertz CT molecular complexity index is 744. The van der Waals surface area contributed by atoms with Crippen LogP contribution in [0, 0.1) is 0 Å². The number of rotatable bonds is 8. The highest BCUT2D eigenvalue weighted by atomic mass is 35.5. The summed E-state index contributed by atoms with van der Waals surface area (Å²) in [5.41, 5.74) is 0.470. The first-order chi connectivity index (χ1) is 12.7. The first-order valence-corrected chi connectivity index (χ1v) is 8.87. The van der Waals surface area contributed by atoms with E-state index in [1.165, 1.54) is 0 Å². The summed E-state index contributed by atoms with van der Waals surface area (Å²) in [6.07, 6.45) is 2.57. The van der Waals surface area contributed by atoms with E-state index in [4.69, 9.17) is 11.6 Å². The van der Waals surface area contributed by atoms with Crippen molar-refractivity contribution in [3.63, 3.8) is 0 Å². The maximum Gasteiger partial charge on any atom is 0.252 e. The van der Waals surface area contributed by atoms with Gasteiger partial charge < -0.3 is 20.5 Å². The molecular formula is C17H24ClN7O. The zero-order chi connectivity index (χ0) is 18.8.